The Morgan fingerprint density at radius 3 is 2.73 bits per heavy atom. The Balaban J connectivity index is 1.56. The Morgan fingerprint density at radius 2 is 2.00 bits per heavy atom. The number of nitrogens with zero attached hydrogens (tertiary/aromatic N) is 1. The summed E-state index contributed by atoms with van der Waals surface area (Å²) in [4.78, 5) is 16.5. The van der Waals surface area contributed by atoms with E-state index in [0.29, 0.717) is 31.1 Å². The first-order valence-electron chi connectivity index (χ1n) is 8.24. The molecule has 0 aliphatic rings. The number of carbonyl (C=O) groups is 1. The van der Waals surface area contributed by atoms with Crippen molar-refractivity contribution in [2.45, 2.75) is 6.54 Å². The molecule has 2 heterocycles. The second kappa shape index (κ2) is 8.82. The highest BCUT2D eigenvalue weighted by molar-refractivity contribution is 5.94. The van der Waals surface area contributed by atoms with Crippen molar-refractivity contribution in [1.29, 1.82) is 0 Å². The number of rotatable bonds is 8. The predicted molar refractivity (Wildman–Crippen MR) is 96.9 cm³/mol. The van der Waals surface area contributed by atoms with E-state index in [9.17, 15) is 4.79 Å². The summed E-state index contributed by atoms with van der Waals surface area (Å²) in [5, 5.41) is 2.89. The highest BCUT2D eigenvalue weighted by atomic mass is 16.5. The van der Waals surface area contributed by atoms with Gasteiger partial charge in [-0.2, -0.15) is 0 Å². The minimum absolute atomic E-state index is 0.156. The molecule has 3 aromatic rings. The summed E-state index contributed by atoms with van der Waals surface area (Å²) >= 11 is 0. The van der Waals surface area contributed by atoms with E-state index in [2.05, 4.69) is 10.3 Å². The molecule has 1 amide bonds. The van der Waals surface area contributed by atoms with Gasteiger partial charge in [0.1, 0.15) is 18.1 Å². The molecular formula is C20H20N2O4. The number of furan rings is 1. The van der Waals surface area contributed by atoms with Gasteiger partial charge in [0, 0.05) is 37.2 Å². The molecule has 0 saturated heterocycles. The van der Waals surface area contributed by atoms with Crippen LogP contribution in [0, 0.1) is 0 Å². The zero-order valence-corrected chi connectivity index (χ0v) is 14.5. The molecular weight excluding hydrogens is 332 g/mol. The molecule has 3 rings (SSSR count). The SMILES string of the molecule is COCCOc1ccc(C(=O)NCc2cncc(-c3ccco3)c2)cc1. The van der Waals surface area contributed by atoms with E-state index in [0.717, 1.165) is 16.9 Å². The lowest BCUT2D eigenvalue weighted by Gasteiger charge is -2.08. The molecule has 6 heteroatoms. The summed E-state index contributed by atoms with van der Waals surface area (Å²) in [6.45, 7) is 1.38. The van der Waals surface area contributed by atoms with E-state index in [1.807, 2.05) is 18.2 Å². The van der Waals surface area contributed by atoms with Crippen LogP contribution < -0.4 is 10.1 Å². The average molecular weight is 352 g/mol. The predicted octanol–water partition coefficient (Wildman–Crippen LogP) is 3.30. The fourth-order valence-electron chi connectivity index (χ4n) is 2.39. The molecule has 0 saturated carbocycles. The maximum atomic E-state index is 12.3. The molecule has 0 spiro atoms. The lowest BCUT2D eigenvalue weighted by atomic mass is 10.1. The van der Waals surface area contributed by atoms with Crippen molar-refractivity contribution in [2.24, 2.45) is 0 Å². The lowest BCUT2D eigenvalue weighted by molar-refractivity contribution is 0.0950. The second-order valence-electron chi connectivity index (χ2n) is 5.61. The summed E-state index contributed by atoms with van der Waals surface area (Å²) < 4.78 is 15.8. The van der Waals surface area contributed by atoms with Gasteiger partial charge in [0.05, 0.1) is 12.9 Å². The van der Waals surface area contributed by atoms with Crippen LogP contribution in [0.5, 0.6) is 5.75 Å². The van der Waals surface area contributed by atoms with Crippen molar-refractivity contribution in [3.05, 3.63) is 72.2 Å². The Morgan fingerprint density at radius 1 is 1.15 bits per heavy atom. The van der Waals surface area contributed by atoms with Crippen LogP contribution in [-0.4, -0.2) is 31.2 Å². The third-order valence-electron chi connectivity index (χ3n) is 3.73. The van der Waals surface area contributed by atoms with Gasteiger partial charge in [-0.1, -0.05) is 0 Å². The Bertz CT molecular complexity index is 829. The Hall–Kier alpha value is -3.12. The average Bonchev–Trinajstić information content (AvgIpc) is 3.22. The highest BCUT2D eigenvalue weighted by Crippen LogP contribution is 2.19. The van der Waals surface area contributed by atoms with Crippen molar-refractivity contribution in [1.82, 2.24) is 10.3 Å². The van der Waals surface area contributed by atoms with Gasteiger partial charge in [-0.3, -0.25) is 9.78 Å². The number of benzene rings is 1. The molecule has 134 valence electrons. The summed E-state index contributed by atoms with van der Waals surface area (Å²) in [7, 11) is 1.62. The lowest BCUT2D eigenvalue weighted by Crippen LogP contribution is -2.22. The second-order valence-corrected chi connectivity index (χ2v) is 5.61. The smallest absolute Gasteiger partial charge is 0.251 e. The third kappa shape index (κ3) is 4.70. The van der Waals surface area contributed by atoms with Crippen LogP contribution in [-0.2, 0) is 11.3 Å². The minimum Gasteiger partial charge on any atom is -0.491 e. The summed E-state index contributed by atoms with van der Waals surface area (Å²) in [6, 6.07) is 12.6. The summed E-state index contributed by atoms with van der Waals surface area (Å²) in [6.07, 6.45) is 5.07. The number of nitrogens with one attached hydrogen (secondary N) is 1. The van der Waals surface area contributed by atoms with Gasteiger partial charge in [-0.25, -0.2) is 0 Å². The van der Waals surface area contributed by atoms with Crippen LogP contribution in [0.25, 0.3) is 11.3 Å². The summed E-state index contributed by atoms with van der Waals surface area (Å²) in [5.41, 5.74) is 2.34. The standard InChI is InChI=1S/C20H20N2O4/c1-24-9-10-25-18-6-4-16(5-7-18)20(23)22-13-15-11-17(14-21-12-15)19-3-2-8-26-19/h2-8,11-12,14H,9-10,13H2,1H3,(H,22,23). The van der Waals surface area contributed by atoms with Crippen molar-refractivity contribution >= 4 is 5.91 Å². The molecule has 1 N–H and O–H groups in total. The topological polar surface area (TPSA) is 73.6 Å². The van der Waals surface area contributed by atoms with Crippen molar-refractivity contribution in [3.63, 3.8) is 0 Å². The van der Waals surface area contributed by atoms with Gasteiger partial charge in [0.15, 0.2) is 0 Å². The van der Waals surface area contributed by atoms with Gasteiger partial charge in [0.2, 0.25) is 0 Å². The molecule has 0 unspecified atom stereocenters. The van der Waals surface area contributed by atoms with Gasteiger partial charge in [-0.15, -0.1) is 0 Å². The first-order chi connectivity index (χ1) is 12.8. The van der Waals surface area contributed by atoms with Crippen molar-refractivity contribution < 1.29 is 18.7 Å². The van der Waals surface area contributed by atoms with Crippen LogP contribution in [0.3, 0.4) is 0 Å². The van der Waals surface area contributed by atoms with E-state index in [4.69, 9.17) is 13.9 Å². The molecule has 0 radical (unpaired) electrons. The van der Waals surface area contributed by atoms with Crippen LogP contribution in [0.15, 0.2) is 65.5 Å². The minimum atomic E-state index is -0.156. The number of hydrogen-bond acceptors (Lipinski definition) is 5. The molecule has 0 bridgehead atoms. The molecule has 0 fully saturated rings. The number of methoxy groups -OCH3 is 1. The van der Waals surface area contributed by atoms with E-state index in [1.54, 1.807) is 50.0 Å². The zero-order valence-electron chi connectivity index (χ0n) is 14.5. The van der Waals surface area contributed by atoms with E-state index in [-0.39, 0.29) is 5.91 Å². The van der Waals surface area contributed by atoms with Gasteiger partial charge < -0.3 is 19.2 Å². The van der Waals surface area contributed by atoms with Crippen molar-refractivity contribution in [2.75, 3.05) is 20.3 Å². The number of pyridine rings is 1. The first-order valence-corrected chi connectivity index (χ1v) is 8.24. The maximum Gasteiger partial charge on any atom is 0.251 e. The van der Waals surface area contributed by atoms with Crippen LogP contribution in [0.2, 0.25) is 0 Å². The number of hydrogen-bond donors (Lipinski definition) is 1. The summed E-state index contributed by atoms with van der Waals surface area (Å²) in [5.74, 6) is 1.29. The van der Waals surface area contributed by atoms with E-state index < -0.39 is 0 Å². The van der Waals surface area contributed by atoms with Crippen LogP contribution in [0.1, 0.15) is 15.9 Å². The monoisotopic (exact) mass is 352 g/mol. The molecule has 0 aliphatic heterocycles. The van der Waals surface area contributed by atoms with Crippen LogP contribution in [0.4, 0.5) is 0 Å². The molecule has 2 aromatic heterocycles. The highest BCUT2D eigenvalue weighted by Gasteiger charge is 2.07. The zero-order chi connectivity index (χ0) is 18.2. The van der Waals surface area contributed by atoms with Crippen molar-refractivity contribution in [3.8, 4) is 17.1 Å². The molecule has 1 aromatic carbocycles. The molecule has 26 heavy (non-hydrogen) atoms. The van der Waals surface area contributed by atoms with E-state index >= 15 is 0 Å². The Kier molecular flexibility index (Phi) is 6.01. The number of amides is 1. The fourth-order valence-corrected chi connectivity index (χ4v) is 2.39. The maximum absolute atomic E-state index is 12.3. The van der Waals surface area contributed by atoms with Gasteiger partial charge in [0.25, 0.3) is 5.91 Å². The fraction of sp³-hybridized carbons (Fsp3) is 0.200. The number of aromatic nitrogens is 1. The number of ether oxygens (including phenoxy) is 2. The molecule has 0 aliphatic carbocycles. The Labute approximate surface area is 151 Å². The van der Waals surface area contributed by atoms with E-state index in [1.165, 1.54) is 0 Å². The van der Waals surface area contributed by atoms with Gasteiger partial charge in [-0.05, 0) is 48.0 Å². The van der Waals surface area contributed by atoms with Gasteiger partial charge >= 0.3 is 0 Å². The van der Waals surface area contributed by atoms with Crippen LogP contribution >= 0.6 is 0 Å². The quantitative estimate of drug-likeness (QED) is 0.630. The number of carbonyl (C=O) groups excluding carboxylic acids is 1. The molecule has 0 atom stereocenters. The molecule has 6 nitrogen and oxygen atoms in total. The third-order valence-corrected chi connectivity index (χ3v) is 3.73. The largest absolute Gasteiger partial charge is 0.491 e. The normalized spacial score (nSPS) is 10.5. The first kappa shape index (κ1) is 17.7.